The molecule has 0 saturated carbocycles. The number of esters is 1. The Balaban J connectivity index is 1.28. The van der Waals surface area contributed by atoms with Crippen LogP contribution in [-0.2, 0) is 40.0 Å². The third-order valence-electron chi connectivity index (χ3n) is 8.34. The second-order valence-electron chi connectivity index (χ2n) is 11.5. The minimum absolute atomic E-state index is 0.165. The van der Waals surface area contributed by atoms with Crippen LogP contribution in [0.5, 0.6) is 5.75 Å². The van der Waals surface area contributed by atoms with Crippen LogP contribution in [0.4, 0.5) is 0 Å². The molecule has 5 heteroatoms. The van der Waals surface area contributed by atoms with E-state index in [-0.39, 0.29) is 12.0 Å². The number of rotatable bonds is 12. The quantitative estimate of drug-likeness (QED) is 0.171. The lowest BCUT2D eigenvalue weighted by molar-refractivity contribution is -0.154. The summed E-state index contributed by atoms with van der Waals surface area (Å²) in [4.78, 5) is 14.5. The molecule has 2 unspecified atom stereocenters. The van der Waals surface area contributed by atoms with Crippen molar-refractivity contribution in [1.82, 2.24) is 4.90 Å². The highest BCUT2D eigenvalue weighted by atomic mass is 16.6. The predicted molar refractivity (Wildman–Crippen MR) is 172 cm³/mol. The highest BCUT2D eigenvalue weighted by molar-refractivity contribution is 5.75. The van der Waals surface area contributed by atoms with Crippen LogP contribution in [0.1, 0.15) is 57.5 Å². The molecule has 0 aliphatic heterocycles. The number of aryl methyl sites for hydroxylation is 3. The van der Waals surface area contributed by atoms with E-state index in [1.165, 1.54) is 46.1 Å². The van der Waals surface area contributed by atoms with Gasteiger partial charge in [0.05, 0.1) is 12.6 Å². The van der Waals surface area contributed by atoms with Crippen LogP contribution in [0.2, 0.25) is 0 Å². The highest BCUT2D eigenvalue weighted by Gasteiger charge is 2.27. The van der Waals surface area contributed by atoms with Gasteiger partial charge in [0.2, 0.25) is 0 Å². The first-order valence-electron chi connectivity index (χ1n) is 15.3. The van der Waals surface area contributed by atoms with Crippen molar-refractivity contribution in [1.29, 1.82) is 0 Å². The maximum absolute atomic E-state index is 12.1. The number of carbonyl (C=O) groups is 1. The maximum Gasteiger partial charge on any atom is 0.335 e. The number of likely N-dealkylation sites (N-methyl/N-ethyl adjacent to an activating group) is 1. The zero-order valence-corrected chi connectivity index (χ0v) is 25.8. The monoisotopic (exact) mass is 577 g/mol. The fourth-order valence-corrected chi connectivity index (χ4v) is 6.08. The lowest BCUT2D eigenvalue weighted by Crippen LogP contribution is -2.30. The third kappa shape index (κ3) is 7.73. The fraction of sp³-hybridized carbons (Fsp3) is 0.342. The lowest BCUT2D eigenvalue weighted by Gasteiger charge is -2.30. The molecule has 5 rings (SSSR count). The third-order valence-corrected chi connectivity index (χ3v) is 8.34. The van der Waals surface area contributed by atoms with E-state index >= 15 is 0 Å². The van der Waals surface area contributed by atoms with Crippen molar-refractivity contribution in [2.75, 3.05) is 33.9 Å². The first kappa shape index (κ1) is 30.5. The molecule has 2 atom stereocenters. The molecule has 0 bridgehead atoms. The van der Waals surface area contributed by atoms with Crippen molar-refractivity contribution >= 4 is 5.97 Å². The number of benzene rings is 4. The molecule has 0 spiro atoms. The number of nitrogens with zero attached hydrogens (tertiary/aromatic N) is 1. The molecule has 0 radical (unpaired) electrons. The summed E-state index contributed by atoms with van der Waals surface area (Å²) in [6.07, 6.45) is 2.89. The van der Waals surface area contributed by atoms with Gasteiger partial charge in [0.25, 0.3) is 0 Å². The van der Waals surface area contributed by atoms with Gasteiger partial charge < -0.3 is 14.2 Å². The Labute approximate surface area is 256 Å². The molecule has 0 saturated heterocycles. The summed E-state index contributed by atoms with van der Waals surface area (Å²) in [6, 6.07) is 32.8. The van der Waals surface area contributed by atoms with Crippen molar-refractivity contribution < 1.29 is 19.0 Å². The molecular formula is C38H43NO4. The van der Waals surface area contributed by atoms with Crippen LogP contribution in [0.15, 0.2) is 91.0 Å². The van der Waals surface area contributed by atoms with Gasteiger partial charge in [-0.1, -0.05) is 84.4 Å². The van der Waals surface area contributed by atoms with E-state index in [9.17, 15) is 4.79 Å². The number of ether oxygens (including phenoxy) is 3. The van der Waals surface area contributed by atoms with Crippen LogP contribution in [-0.4, -0.2) is 50.9 Å². The van der Waals surface area contributed by atoms with Gasteiger partial charge in [0, 0.05) is 20.1 Å². The minimum atomic E-state index is -0.607. The molecular weight excluding hydrogens is 534 g/mol. The molecule has 0 aromatic heterocycles. The van der Waals surface area contributed by atoms with E-state index in [1.807, 2.05) is 24.3 Å². The molecule has 0 N–H and O–H groups in total. The second kappa shape index (κ2) is 14.5. The van der Waals surface area contributed by atoms with Crippen LogP contribution in [0.25, 0.3) is 0 Å². The molecule has 1 aliphatic carbocycles. The largest absolute Gasteiger partial charge is 0.492 e. The Morgan fingerprint density at radius 3 is 2.23 bits per heavy atom. The van der Waals surface area contributed by atoms with Crippen molar-refractivity contribution in [3.05, 3.63) is 136 Å². The summed E-state index contributed by atoms with van der Waals surface area (Å²) in [5.74, 6) is 0.475. The smallest absolute Gasteiger partial charge is 0.335 e. The zero-order chi connectivity index (χ0) is 30.2. The number of carbonyl (C=O) groups excluding carboxylic acids is 1. The minimum Gasteiger partial charge on any atom is -0.492 e. The van der Waals surface area contributed by atoms with Gasteiger partial charge in [0.1, 0.15) is 12.4 Å². The second-order valence-corrected chi connectivity index (χ2v) is 11.5. The molecule has 0 heterocycles. The molecule has 43 heavy (non-hydrogen) atoms. The Morgan fingerprint density at radius 1 is 0.860 bits per heavy atom. The predicted octanol–water partition coefficient (Wildman–Crippen LogP) is 6.91. The average molecular weight is 578 g/mol. The van der Waals surface area contributed by atoms with Crippen molar-refractivity contribution in [3.63, 3.8) is 0 Å². The van der Waals surface area contributed by atoms with E-state index in [1.54, 1.807) is 6.92 Å². The first-order valence-corrected chi connectivity index (χ1v) is 15.3. The van der Waals surface area contributed by atoms with Gasteiger partial charge in [-0.25, -0.2) is 4.79 Å². The number of fused-ring (bicyclic) bond motifs is 2. The van der Waals surface area contributed by atoms with Gasteiger partial charge in [-0.3, -0.25) is 4.90 Å². The number of hydrogen-bond donors (Lipinski definition) is 0. The average Bonchev–Trinajstić information content (AvgIpc) is 3.17. The number of methoxy groups -OCH3 is 1. The lowest BCUT2D eigenvalue weighted by atomic mass is 9.91. The van der Waals surface area contributed by atoms with Crippen LogP contribution >= 0.6 is 0 Å². The van der Waals surface area contributed by atoms with Crippen LogP contribution < -0.4 is 4.74 Å². The molecule has 5 nitrogen and oxygen atoms in total. The Morgan fingerprint density at radius 2 is 1.53 bits per heavy atom. The van der Waals surface area contributed by atoms with Crippen molar-refractivity contribution in [2.45, 2.75) is 51.7 Å². The summed E-state index contributed by atoms with van der Waals surface area (Å²) in [7, 11) is 3.74. The van der Waals surface area contributed by atoms with Gasteiger partial charge >= 0.3 is 5.97 Å². The van der Waals surface area contributed by atoms with Crippen LogP contribution in [0.3, 0.4) is 0 Å². The van der Waals surface area contributed by atoms with Crippen LogP contribution in [0, 0.1) is 6.92 Å². The summed E-state index contributed by atoms with van der Waals surface area (Å²) < 4.78 is 16.6. The Kier molecular flexibility index (Phi) is 10.3. The molecule has 1 aliphatic rings. The number of hydrogen-bond acceptors (Lipinski definition) is 5. The Hall–Kier alpha value is -3.93. The topological polar surface area (TPSA) is 48.0 Å². The summed E-state index contributed by atoms with van der Waals surface area (Å²) >= 11 is 0. The highest BCUT2D eigenvalue weighted by Crippen LogP contribution is 2.37. The van der Waals surface area contributed by atoms with Gasteiger partial charge in [-0.15, -0.1) is 0 Å². The summed E-state index contributed by atoms with van der Waals surface area (Å²) in [5.41, 5.74) is 10.7. The van der Waals surface area contributed by atoms with E-state index in [4.69, 9.17) is 14.2 Å². The SMILES string of the molecule is CCOC(=O)C(Cc1ccc(OCCN(C)C2c3ccc(C)cc3CCc3cc(Cc4ccccc4)ccc32)cc1)OC. The van der Waals surface area contributed by atoms with Crippen molar-refractivity contribution in [2.24, 2.45) is 0 Å². The summed E-state index contributed by atoms with van der Waals surface area (Å²) in [6.45, 7) is 5.66. The van der Waals surface area contributed by atoms with E-state index in [0.717, 1.165) is 37.1 Å². The standard InChI is InChI=1S/C38H43NO4/c1-5-42-38(40)36(41-4)26-29-12-17-33(18-13-29)43-22-21-39(3)37-34-19-11-27(2)23-31(34)15-16-32-25-30(14-20-35(32)37)24-28-9-7-6-8-10-28/h6-14,17-20,23,25,36-37H,5,15-16,21-22,24,26H2,1-4H3. The van der Waals surface area contributed by atoms with Gasteiger partial charge in [0.15, 0.2) is 6.10 Å². The summed E-state index contributed by atoms with van der Waals surface area (Å²) in [5, 5.41) is 0. The van der Waals surface area contributed by atoms with Gasteiger partial charge in [-0.2, -0.15) is 0 Å². The normalized spacial score (nSPS) is 14.9. The van der Waals surface area contributed by atoms with E-state index in [0.29, 0.717) is 19.6 Å². The molecule has 0 amide bonds. The maximum atomic E-state index is 12.1. The zero-order valence-electron chi connectivity index (χ0n) is 25.8. The van der Waals surface area contributed by atoms with E-state index < -0.39 is 6.10 Å². The molecule has 224 valence electrons. The Bertz CT molecular complexity index is 1500. The van der Waals surface area contributed by atoms with Gasteiger partial charge in [-0.05, 0) is 91.2 Å². The molecule has 4 aromatic carbocycles. The van der Waals surface area contributed by atoms with E-state index in [2.05, 4.69) is 85.6 Å². The molecule has 0 fully saturated rings. The van der Waals surface area contributed by atoms with Crippen molar-refractivity contribution in [3.8, 4) is 5.75 Å². The first-order chi connectivity index (χ1) is 20.9. The fourth-order valence-electron chi connectivity index (χ4n) is 6.08. The molecule has 4 aromatic rings.